The Hall–Kier alpha value is -0.603. The summed E-state index contributed by atoms with van der Waals surface area (Å²) >= 11 is 0. The highest BCUT2D eigenvalue weighted by Crippen LogP contribution is 2.23. The molecule has 1 rings (SSSR count). The van der Waals surface area contributed by atoms with E-state index in [1.165, 1.54) is 24.8 Å². The maximum atomic E-state index is 3.86. The second-order valence-electron chi connectivity index (χ2n) is 4.62. The fourth-order valence-corrected chi connectivity index (χ4v) is 3.34. The molecular formula is C14H25NSi. The monoisotopic (exact) mass is 235 g/mol. The molecular weight excluding hydrogens is 210 g/mol. The molecule has 0 aliphatic rings. The molecule has 0 saturated heterocycles. The van der Waals surface area contributed by atoms with Crippen LogP contribution in [0.3, 0.4) is 0 Å². The standard InChI is InChI=1S/C14H25NSi/c1-4-14(5-2,6-3)15-13(16)12-10-8-7-9-11-12/h7-11,13,15H,4-6H2,1-3,16H3. The smallest absolute Gasteiger partial charge is 0.0298 e. The van der Waals surface area contributed by atoms with E-state index in [-0.39, 0.29) is 0 Å². The average Bonchev–Trinajstić information content (AvgIpc) is 2.37. The van der Waals surface area contributed by atoms with Gasteiger partial charge < -0.3 is 5.32 Å². The second-order valence-corrected chi connectivity index (χ2v) is 5.77. The van der Waals surface area contributed by atoms with Crippen molar-refractivity contribution in [3.8, 4) is 0 Å². The number of benzene rings is 1. The fraction of sp³-hybridized carbons (Fsp3) is 0.571. The first-order valence-electron chi connectivity index (χ1n) is 6.50. The van der Waals surface area contributed by atoms with Gasteiger partial charge in [0.1, 0.15) is 0 Å². The predicted molar refractivity (Wildman–Crippen MR) is 75.9 cm³/mol. The highest BCUT2D eigenvalue weighted by molar-refractivity contribution is 6.12. The minimum absolute atomic E-state index is 0.336. The van der Waals surface area contributed by atoms with Crippen molar-refractivity contribution >= 4 is 10.2 Å². The largest absolute Gasteiger partial charge is 0.308 e. The molecule has 0 aliphatic heterocycles. The Bertz CT molecular complexity index is 285. The first kappa shape index (κ1) is 13.5. The van der Waals surface area contributed by atoms with Crippen LogP contribution in [0.25, 0.3) is 0 Å². The number of hydrogen-bond acceptors (Lipinski definition) is 1. The van der Waals surface area contributed by atoms with Crippen LogP contribution in [0.1, 0.15) is 51.3 Å². The summed E-state index contributed by atoms with van der Waals surface area (Å²) < 4.78 is 0. The second kappa shape index (κ2) is 6.21. The molecule has 0 saturated carbocycles. The minimum Gasteiger partial charge on any atom is -0.308 e. The summed E-state index contributed by atoms with van der Waals surface area (Å²) in [5.41, 5.74) is 2.34. The number of hydrogen-bond donors (Lipinski definition) is 1. The summed E-state index contributed by atoms with van der Waals surface area (Å²) in [6.45, 7) is 6.87. The highest BCUT2D eigenvalue weighted by Gasteiger charge is 2.25. The molecule has 1 N–H and O–H groups in total. The van der Waals surface area contributed by atoms with Crippen molar-refractivity contribution in [3.63, 3.8) is 0 Å². The van der Waals surface area contributed by atoms with Gasteiger partial charge in [-0.2, -0.15) is 0 Å². The van der Waals surface area contributed by atoms with Gasteiger partial charge in [0.05, 0.1) is 0 Å². The van der Waals surface area contributed by atoms with Gasteiger partial charge in [-0.15, -0.1) is 0 Å². The first-order valence-corrected chi connectivity index (χ1v) is 7.65. The van der Waals surface area contributed by atoms with E-state index in [9.17, 15) is 0 Å². The molecule has 0 aliphatic carbocycles. The average molecular weight is 235 g/mol. The van der Waals surface area contributed by atoms with E-state index in [0.29, 0.717) is 11.2 Å². The Kier molecular flexibility index (Phi) is 5.23. The molecule has 0 spiro atoms. The van der Waals surface area contributed by atoms with Crippen molar-refractivity contribution in [3.05, 3.63) is 35.9 Å². The molecule has 1 aromatic rings. The third-order valence-electron chi connectivity index (χ3n) is 3.85. The van der Waals surface area contributed by atoms with Gasteiger partial charge in [-0.1, -0.05) is 51.1 Å². The van der Waals surface area contributed by atoms with Crippen molar-refractivity contribution in [2.75, 3.05) is 0 Å². The molecule has 16 heavy (non-hydrogen) atoms. The fourth-order valence-electron chi connectivity index (χ4n) is 2.34. The lowest BCUT2D eigenvalue weighted by Crippen LogP contribution is -2.45. The Balaban J connectivity index is 2.73. The van der Waals surface area contributed by atoms with Gasteiger partial charge >= 0.3 is 0 Å². The normalized spacial score (nSPS) is 13.9. The summed E-state index contributed by atoms with van der Waals surface area (Å²) in [5, 5.41) is 3.86. The molecule has 0 aromatic heterocycles. The van der Waals surface area contributed by atoms with Gasteiger partial charge in [0.25, 0.3) is 0 Å². The molecule has 1 aromatic carbocycles. The van der Waals surface area contributed by atoms with Crippen molar-refractivity contribution in [2.24, 2.45) is 0 Å². The third-order valence-corrected chi connectivity index (χ3v) is 4.81. The lowest BCUT2D eigenvalue weighted by atomic mass is 9.89. The van der Waals surface area contributed by atoms with Gasteiger partial charge in [0.15, 0.2) is 0 Å². The summed E-state index contributed by atoms with van der Waals surface area (Å²) in [6.07, 6.45) is 3.64. The van der Waals surface area contributed by atoms with Crippen molar-refractivity contribution in [1.82, 2.24) is 5.32 Å². The van der Waals surface area contributed by atoms with Crippen LogP contribution in [0, 0.1) is 0 Å². The van der Waals surface area contributed by atoms with Gasteiger partial charge in [-0.3, -0.25) is 0 Å². The molecule has 0 heterocycles. The zero-order valence-electron chi connectivity index (χ0n) is 11.1. The van der Waals surface area contributed by atoms with E-state index in [1.807, 2.05) is 0 Å². The SMILES string of the molecule is CCC(CC)(CC)NC([SiH3])c1ccccc1. The molecule has 0 radical (unpaired) electrons. The van der Waals surface area contributed by atoms with E-state index in [1.54, 1.807) is 0 Å². The van der Waals surface area contributed by atoms with Crippen LogP contribution in [0.5, 0.6) is 0 Å². The van der Waals surface area contributed by atoms with E-state index >= 15 is 0 Å². The van der Waals surface area contributed by atoms with Crippen LogP contribution in [0.4, 0.5) is 0 Å². The minimum atomic E-state index is 0.336. The topological polar surface area (TPSA) is 12.0 Å². The molecule has 1 nitrogen and oxygen atoms in total. The molecule has 0 fully saturated rings. The Morgan fingerprint density at radius 2 is 1.56 bits per heavy atom. The molecule has 1 unspecified atom stereocenters. The molecule has 2 heteroatoms. The lowest BCUT2D eigenvalue weighted by Gasteiger charge is -2.35. The Morgan fingerprint density at radius 1 is 1.06 bits per heavy atom. The van der Waals surface area contributed by atoms with E-state index in [4.69, 9.17) is 0 Å². The van der Waals surface area contributed by atoms with Crippen LogP contribution in [-0.4, -0.2) is 15.8 Å². The predicted octanol–water partition coefficient (Wildman–Crippen LogP) is 2.61. The summed E-state index contributed by atoms with van der Waals surface area (Å²) in [4.78, 5) is 0. The molecule has 0 bridgehead atoms. The molecule has 1 atom stereocenters. The van der Waals surface area contributed by atoms with E-state index in [2.05, 4.69) is 56.4 Å². The first-order chi connectivity index (χ1) is 7.67. The number of rotatable bonds is 6. The van der Waals surface area contributed by atoms with Crippen LogP contribution in [0.15, 0.2) is 30.3 Å². The zero-order chi connectivity index (χ0) is 12.0. The molecule has 90 valence electrons. The van der Waals surface area contributed by atoms with Crippen LogP contribution in [0.2, 0.25) is 0 Å². The van der Waals surface area contributed by atoms with Crippen molar-refractivity contribution in [1.29, 1.82) is 0 Å². The maximum absolute atomic E-state index is 3.86. The van der Waals surface area contributed by atoms with Gasteiger partial charge in [-0.05, 0) is 24.8 Å². The summed E-state index contributed by atoms with van der Waals surface area (Å²) in [5.74, 6) is 0. The van der Waals surface area contributed by atoms with Crippen LogP contribution >= 0.6 is 0 Å². The van der Waals surface area contributed by atoms with E-state index < -0.39 is 0 Å². The van der Waals surface area contributed by atoms with Gasteiger partial charge in [0.2, 0.25) is 0 Å². The summed E-state index contributed by atoms with van der Waals surface area (Å²) in [7, 11) is 1.16. The Labute approximate surface area is 103 Å². The Morgan fingerprint density at radius 3 is 2.00 bits per heavy atom. The molecule has 0 amide bonds. The maximum Gasteiger partial charge on any atom is 0.0298 e. The van der Waals surface area contributed by atoms with Crippen LogP contribution in [-0.2, 0) is 0 Å². The van der Waals surface area contributed by atoms with Crippen molar-refractivity contribution in [2.45, 2.75) is 51.2 Å². The quantitative estimate of drug-likeness (QED) is 0.748. The van der Waals surface area contributed by atoms with E-state index in [0.717, 1.165) is 10.2 Å². The highest BCUT2D eigenvalue weighted by atomic mass is 28.1. The summed E-state index contributed by atoms with van der Waals surface area (Å²) in [6, 6.07) is 10.8. The zero-order valence-corrected chi connectivity index (χ0v) is 13.1. The third kappa shape index (κ3) is 3.19. The number of nitrogens with one attached hydrogen (secondary N) is 1. The van der Waals surface area contributed by atoms with Crippen molar-refractivity contribution < 1.29 is 0 Å². The lowest BCUT2D eigenvalue weighted by molar-refractivity contribution is 0.283. The van der Waals surface area contributed by atoms with Crippen LogP contribution < -0.4 is 5.32 Å². The van der Waals surface area contributed by atoms with Gasteiger partial charge in [0, 0.05) is 21.4 Å². The van der Waals surface area contributed by atoms with Gasteiger partial charge in [-0.25, -0.2) is 0 Å².